The molecule has 3 atom stereocenters. The second kappa shape index (κ2) is 8.32. The Labute approximate surface area is 162 Å². The highest BCUT2D eigenvalue weighted by Crippen LogP contribution is 2.38. The minimum absolute atomic E-state index is 0.184. The summed E-state index contributed by atoms with van der Waals surface area (Å²) in [6, 6.07) is 2.89. The van der Waals surface area contributed by atoms with E-state index in [1.54, 1.807) is 6.08 Å². The van der Waals surface area contributed by atoms with Crippen molar-refractivity contribution in [2.24, 2.45) is 11.8 Å². The second-order valence-corrected chi connectivity index (χ2v) is 8.31. The van der Waals surface area contributed by atoms with Crippen LogP contribution in [0.15, 0.2) is 12.1 Å². The van der Waals surface area contributed by atoms with Gasteiger partial charge in [-0.2, -0.15) is 0 Å². The Bertz CT molecular complexity index is 730. The molecule has 2 fully saturated rings. The lowest BCUT2D eigenvalue weighted by Gasteiger charge is -2.34. The van der Waals surface area contributed by atoms with Crippen LogP contribution in [-0.4, -0.2) is 29.1 Å². The lowest BCUT2D eigenvalue weighted by molar-refractivity contribution is -0.144. The highest BCUT2D eigenvalue weighted by atomic mass is 16.5. The first-order valence-electron chi connectivity index (χ1n) is 10.2. The van der Waals surface area contributed by atoms with E-state index in [-0.39, 0.29) is 18.6 Å². The summed E-state index contributed by atoms with van der Waals surface area (Å²) < 4.78 is 7.46. The van der Waals surface area contributed by atoms with Crippen LogP contribution < -0.4 is 5.32 Å². The molecule has 0 bridgehead atoms. The number of hydrogen-bond donors (Lipinski definition) is 1. The molecule has 1 amide bonds. The van der Waals surface area contributed by atoms with E-state index in [1.807, 2.05) is 0 Å². The van der Waals surface area contributed by atoms with Crippen LogP contribution in [0.4, 0.5) is 0 Å². The molecule has 0 aliphatic heterocycles. The Balaban J connectivity index is 1.47. The molecule has 0 spiro atoms. The van der Waals surface area contributed by atoms with Crippen molar-refractivity contribution in [2.75, 3.05) is 6.61 Å². The molecule has 27 heavy (non-hydrogen) atoms. The highest BCUT2D eigenvalue weighted by Gasteiger charge is 2.28. The minimum atomic E-state index is -0.480. The molecule has 2 aliphatic rings. The third kappa shape index (κ3) is 4.82. The summed E-state index contributed by atoms with van der Waals surface area (Å²) in [5, 5.41) is 3.02. The Morgan fingerprint density at radius 3 is 2.67 bits per heavy atom. The standard InChI is InChI=1S/C22H32N2O3/c1-14-6-5-7-20(16(14)3)23-21(25)13-27-22(26)11-8-18-12-15(2)24(17(18)4)19-9-10-19/h8,11-12,14,16,19-20H,5-7,9-10,13H2,1-4H3,(H,23,25)/b11-8+/t14-,16+,20+/m1/s1. The van der Waals surface area contributed by atoms with Gasteiger partial charge in [-0.3, -0.25) is 4.79 Å². The summed E-state index contributed by atoms with van der Waals surface area (Å²) in [7, 11) is 0. The summed E-state index contributed by atoms with van der Waals surface area (Å²) >= 11 is 0. The summed E-state index contributed by atoms with van der Waals surface area (Å²) in [6.45, 7) is 8.37. The van der Waals surface area contributed by atoms with Crippen LogP contribution in [-0.2, 0) is 14.3 Å². The molecule has 5 nitrogen and oxygen atoms in total. The van der Waals surface area contributed by atoms with E-state index in [0.29, 0.717) is 17.9 Å². The first kappa shape index (κ1) is 19.7. The van der Waals surface area contributed by atoms with Crippen LogP contribution in [0.2, 0.25) is 0 Å². The van der Waals surface area contributed by atoms with Gasteiger partial charge in [0.2, 0.25) is 0 Å². The summed E-state index contributed by atoms with van der Waals surface area (Å²) in [6.07, 6.45) is 9.02. The number of esters is 1. The maximum absolute atomic E-state index is 12.1. The monoisotopic (exact) mass is 372 g/mol. The number of carbonyl (C=O) groups excluding carboxylic acids is 2. The molecule has 2 aliphatic carbocycles. The zero-order valence-electron chi connectivity index (χ0n) is 17.0. The van der Waals surface area contributed by atoms with Gasteiger partial charge < -0.3 is 14.6 Å². The van der Waals surface area contributed by atoms with Crippen molar-refractivity contribution in [3.63, 3.8) is 0 Å². The lowest BCUT2D eigenvalue weighted by Crippen LogP contribution is -2.45. The third-order valence-corrected chi connectivity index (χ3v) is 6.23. The van der Waals surface area contributed by atoms with Crippen LogP contribution in [0.1, 0.15) is 68.9 Å². The Morgan fingerprint density at radius 1 is 1.22 bits per heavy atom. The van der Waals surface area contributed by atoms with Crippen molar-refractivity contribution in [1.29, 1.82) is 0 Å². The van der Waals surface area contributed by atoms with Gasteiger partial charge in [0, 0.05) is 29.5 Å². The topological polar surface area (TPSA) is 60.3 Å². The molecule has 0 unspecified atom stereocenters. The molecule has 1 N–H and O–H groups in total. The second-order valence-electron chi connectivity index (χ2n) is 8.31. The average Bonchev–Trinajstić information content (AvgIpc) is 3.41. The fraction of sp³-hybridized carbons (Fsp3) is 0.636. The minimum Gasteiger partial charge on any atom is -0.452 e. The first-order chi connectivity index (χ1) is 12.9. The number of amides is 1. The SMILES string of the molecule is Cc1cc(/C=C/C(=O)OCC(=O)N[C@H]2CCC[C@@H](C)[C@@H]2C)c(C)n1C1CC1. The molecule has 5 heteroatoms. The van der Waals surface area contributed by atoms with Crippen LogP contribution >= 0.6 is 0 Å². The summed E-state index contributed by atoms with van der Waals surface area (Å²) in [5.74, 6) is 0.380. The smallest absolute Gasteiger partial charge is 0.331 e. The first-order valence-corrected chi connectivity index (χ1v) is 10.2. The molecule has 3 rings (SSSR count). The van der Waals surface area contributed by atoms with Gasteiger partial charge in [-0.05, 0) is 62.7 Å². The van der Waals surface area contributed by atoms with Gasteiger partial charge in [-0.25, -0.2) is 4.79 Å². The normalized spacial score (nSPS) is 25.6. The van der Waals surface area contributed by atoms with Gasteiger partial charge in [0.15, 0.2) is 6.61 Å². The zero-order valence-corrected chi connectivity index (χ0v) is 17.0. The van der Waals surface area contributed by atoms with E-state index < -0.39 is 5.97 Å². The zero-order chi connectivity index (χ0) is 19.6. The van der Waals surface area contributed by atoms with E-state index in [2.05, 4.69) is 43.6 Å². The van der Waals surface area contributed by atoms with Crippen molar-refractivity contribution in [3.8, 4) is 0 Å². The molecular weight excluding hydrogens is 340 g/mol. The van der Waals surface area contributed by atoms with Crippen LogP contribution in [0.25, 0.3) is 6.08 Å². The molecule has 0 aromatic carbocycles. The number of carbonyl (C=O) groups is 2. The number of hydrogen-bond acceptors (Lipinski definition) is 3. The number of aromatic nitrogens is 1. The van der Waals surface area contributed by atoms with Crippen molar-refractivity contribution in [3.05, 3.63) is 29.1 Å². The van der Waals surface area contributed by atoms with Crippen LogP contribution in [0.3, 0.4) is 0 Å². The van der Waals surface area contributed by atoms with Crippen molar-refractivity contribution >= 4 is 18.0 Å². The molecule has 1 aromatic heterocycles. The number of aryl methyl sites for hydroxylation is 1. The summed E-state index contributed by atoms with van der Waals surface area (Å²) in [5.41, 5.74) is 3.43. The van der Waals surface area contributed by atoms with Gasteiger partial charge in [-0.1, -0.05) is 26.7 Å². The van der Waals surface area contributed by atoms with Gasteiger partial charge in [0.25, 0.3) is 5.91 Å². The molecule has 1 aromatic rings. The molecule has 0 radical (unpaired) electrons. The Kier molecular flexibility index (Phi) is 6.08. The fourth-order valence-electron chi connectivity index (χ4n) is 4.24. The number of nitrogens with zero attached hydrogens (tertiary/aromatic N) is 1. The average molecular weight is 373 g/mol. The molecule has 1 heterocycles. The van der Waals surface area contributed by atoms with Crippen molar-refractivity contribution < 1.29 is 14.3 Å². The third-order valence-electron chi connectivity index (χ3n) is 6.23. The molecular formula is C22H32N2O3. The fourth-order valence-corrected chi connectivity index (χ4v) is 4.24. The Morgan fingerprint density at radius 2 is 1.96 bits per heavy atom. The lowest BCUT2D eigenvalue weighted by atomic mass is 9.78. The van der Waals surface area contributed by atoms with Crippen molar-refractivity contribution in [1.82, 2.24) is 9.88 Å². The maximum atomic E-state index is 12.1. The maximum Gasteiger partial charge on any atom is 0.331 e. The van der Waals surface area contributed by atoms with Gasteiger partial charge in [0.1, 0.15) is 0 Å². The van der Waals surface area contributed by atoms with E-state index >= 15 is 0 Å². The predicted octanol–water partition coefficient (Wildman–Crippen LogP) is 3.94. The number of nitrogens with one attached hydrogen (secondary N) is 1. The highest BCUT2D eigenvalue weighted by molar-refractivity contribution is 5.89. The largest absolute Gasteiger partial charge is 0.452 e. The molecule has 148 valence electrons. The van der Waals surface area contributed by atoms with E-state index in [1.165, 1.54) is 36.7 Å². The van der Waals surface area contributed by atoms with Gasteiger partial charge in [-0.15, -0.1) is 0 Å². The summed E-state index contributed by atoms with van der Waals surface area (Å²) in [4.78, 5) is 24.1. The van der Waals surface area contributed by atoms with E-state index in [4.69, 9.17) is 4.74 Å². The predicted molar refractivity (Wildman–Crippen MR) is 106 cm³/mol. The quantitative estimate of drug-likeness (QED) is 0.608. The van der Waals surface area contributed by atoms with E-state index in [0.717, 1.165) is 18.4 Å². The van der Waals surface area contributed by atoms with Gasteiger partial charge in [0.05, 0.1) is 0 Å². The number of rotatable bonds is 6. The van der Waals surface area contributed by atoms with Crippen LogP contribution in [0.5, 0.6) is 0 Å². The van der Waals surface area contributed by atoms with Crippen LogP contribution in [0, 0.1) is 25.7 Å². The molecule has 0 saturated heterocycles. The number of ether oxygens (including phenoxy) is 1. The molecule has 2 saturated carbocycles. The van der Waals surface area contributed by atoms with Gasteiger partial charge >= 0.3 is 5.97 Å². The van der Waals surface area contributed by atoms with Crippen molar-refractivity contribution in [2.45, 2.75) is 71.9 Å². The van der Waals surface area contributed by atoms with E-state index in [9.17, 15) is 9.59 Å². The Hall–Kier alpha value is -2.04.